The minimum absolute atomic E-state index is 0.269. The van der Waals surface area contributed by atoms with Gasteiger partial charge in [0, 0.05) is 14.3 Å². The molecule has 1 amide bonds. The van der Waals surface area contributed by atoms with Crippen LogP contribution in [0, 0.1) is 10.5 Å². The lowest BCUT2D eigenvalue weighted by atomic mass is 10.1. The molecule has 3 nitrogen and oxygen atoms in total. The van der Waals surface area contributed by atoms with Crippen LogP contribution < -0.4 is 11.1 Å². The number of rotatable bonds is 3. The second kappa shape index (κ2) is 5.79. The van der Waals surface area contributed by atoms with Gasteiger partial charge >= 0.3 is 0 Å². The highest BCUT2D eigenvalue weighted by molar-refractivity contribution is 14.1. The third-order valence-electron chi connectivity index (χ3n) is 2.68. The van der Waals surface area contributed by atoms with E-state index in [-0.39, 0.29) is 5.56 Å². The Balaban J connectivity index is 2.40. The van der Waals surface area contributed by atoms with Crippen molar-refractivity contribution in [2.45, 2.75) is 6.92 Å². The lowest BCUT2D eigenvalue weighted by Gasteiger charge is -2.12. The summed E-state index contributed by atoms with van der Waals surface area (Å²) in [6.07, 6.45) is 0. The van der Waals surface area contributed by atoms with Gasteiger partial charge in [0.25, 0.3) is 5.91 Å². The highest BCUT2D eigenvalue weighted by atomic mass is 127. The van der Waals surface area contributed by atoms with Gasteiger partial charge in [-0.3, -0.25) is 10.5 Å². The van der Waals surface area contributed by atoms with Crippen molar-refractivity contribution >= 4 is 51.5 Å². The molecule has 0 aliphatic rings. The minimum Gasteiger partial charge on any atom is -0.355 e. The van der Waals surface area contributed by atoms with Gasteiger partial charge in [-0.2, -0.15) is 0 Å². The van der Waals surface area contributed by atoms with Crippen LogP contribution in [0.15, 0.2) is 36.4 Å². The van der Waals surface area contributed by atoms with Gasteiger partial charge in [-0.15, -0.1) is 0 Å². The molecule has 1 radical (unpaired) electrons. The first-order chi connectivity index (χ1) is 8.97. The van der Waals surface area contributed by atoms with E-state index in [1.54, 1.807) is 12.1 Å². The van der Waals surface area contributed by atoms with Crippen molar-refractivity contribution in [2.24, 2.45) is 0 Å². The zero-order valence-corrected chi connectivity index (χ0v) is 13.0. The molecular weight excluding hydrogens is 375 g/mol. The maximum atomic E-state index is 11.3. The molecule has 0 atom stereocenters. The molecule has 19 heavy (non-hydrogen) atoms. The molecule has 2 aromatic carbocycles. The second-order valence-electron chi connectivity index (χ2n) is 4.10. The van der Waals surface area contributed by atoms with Crippen LogP contribution in [0.3, 0.4) is 0 Å². The van der Waals surface area contributed by atoms with E-state index in [2.05, 4.69) is 27.9 Å². The van der Waals surface area contributed by atoms with Crippen LogP contribution in [0.1, 0.15) is 15.9 Å². The molecule has 2 N–H and O–H groups in total. The smallest absolute Gasteiger partial charge is 0.271 e. The Kier molecular flexibility index (Phi) is 4.31. The molecule has 97 valence electrons. The maximum Gasteiger partial charge on any atom is 0.271 e. The van der Waals surface area contributed by atoms with E-state index >= 15 is 0 Å². The van der Waals surface area contributed by atoms with Crippen LogP contribution >= 0.6 is 34.2 Å². The summed E-state index contributed by atoms with van der Waals surface area (Å²) in [7, 11) is 0. The summed E-state index contributed by atoms with van der Waals surface area (Å²) in [5, 5.41) is 3.62. The molecule has 0 bridgehead atoms. The number of amides is 1. The average Bonchev–Trinajstić information content (AvgIpc) is 2.34. The number of halogens is 2. The lowest BCUT2D eigenvalue weighted by molar-refractivity contribution is 0.0993. The fourth-order valence-corrected chi connectivity index (χ4v) is 2.54. The Bertz CT molecular complexity index is 643. The fourth-order valence-electron chi connectivity index (χ4n) is 1.73. The Morgan fingerprint density at radius 2 is 1.89 bits per heavy atom. The van der Waals surface area contributed by atoms with Gasteiger partial charge in [-0.05, 0) is 71.5 Å². The minimum atomic E-state index is -0.756. The molecule has 0 fully saturated rings. The van der Waals surface area contributed by atoms with E-state index in [4.69, 9.17) is 17.3 Å². The highest BCUT2D eigenvalue weighted by Crippen LogP contribution is 2.26. The Morgan fingerprint density at radius 3 is 2.53 bits per heavy atom. The van der Waals surface area contributed by atoms with Crippen LogP contribution in [0.2, 0.25) is 5.02 Å². The van der Waals surface area contributed by atoms with Crippen LogP contribution in [0.4, 0.5) is 11.4 Å². The summed E-state index contributed by atoms with van der Waals surface area (Å²) in [5.41, 5.74) is 10.1. The molecular formula is C14H11ClIN2O. The summed E-state index contributed by atoms with van der Waals surface area (Å²) < 4.78 is 1.15. The number of carbonyl (C=O) groups excluding carboxylic acids is 1. The quantitative estimate of drug-likeness (QED) is 0.795. The number of carbonyl (C=O) groups is 1. The summed E-state index contributed by atoms with van der Waals surface area (Å²) in [4.78, 5) is 11.3. The normalized spacial score (nSPS) is 10.3. The van der Waals surface area contributed by atoms with Gasteiger partial charge in [0.2, 0.25) is 0 Å². The van der Waals surface area contributed by atoms with Gasteiger partial charge in [0.1, 0.15) is 0 Å². The average molecular weight is 386 g/mol. The molecule has 0 aliphatic heterocycles. The standard InChI is InChI=1S/C14H11ClIN2O/c1-8-6-10(16)3-5-12(8)18-13-4-2-9(15)7-11(13)14(17)19/h2-7,17-18H,1H3. The van der Waals surface area contributed by atoms with Crippen LogP contribution in [0.25, 0.3) is 0 Å². The number of aryl methyl sites for hydroxylation is 1. The number of benzene rings is 2. The third-order valence-corrected chi connectivity index (χ3v) is 3.59. The van der Waals surface area contributed by atoms with Gasteiger partial charge in [0.05, 0.1) is 11.3 Å². The molecule has 0 spiro atoms. The lowest BCUT2D eigenvalue weighted by Crippen LogP contribution is -2.05. The first-order valence-corrected chi connectivity index (χ1v) is 7.01. The molecule has 2 aromatic rings. The molecule has 0 heterocycles. The summed E-state index contributed by atoms with van der Waals surface area (Å²) in [6, 6.07) is 10.9. The third kappa shape index (κ3) is 3.39. The van der Waals surface area contributed by atoms with E-state index in [0.717, 1.165) is 14.8 Å². The maximum absolute atomic E-state index is 11.3. The molecule has 5 heteroatoms. The number of nitrogens with one attached hydrogen (secondary N) is 2. The monoisotopic (exact) mass is 385 g/mol. The fraction of sp³-hybridized carbons (Fsp3) is 0.0714. The highest BCUT2D eigenvalue weighted by Gasteiger charge is 2.10. The van der Waals surface area contributed by atoms with Crippen LogP contribution in [0.5, 0.6) is 0 Å². The zero-order chi connectivity index (χ0) is 14.0. The van der Waals surface area contributed by atoms with Crippen LogP contribution in [-0.4, -0.2) is 5.91 Å². The van der Waals surface area contributed by atoms with Crippen molar-refractivity contribution in [3.63, 3.8) is 0 Å². The van der Waals surface area contributed by atoms with Crippen molar-refractivity contribution in [1.29, 1.82) is 0 Å². The van der Waals surface area contributed by atoms with Crippen molar-refractivity contribution in [2.75, 3.05) is 5.32 Å². The van der Waals surface area contributed by atoms with Crippen molar-refractivity contribution in [3.05, 3.63) is 56.1 Å². The van der Waals surface area contributed by atoms with Crippen molar-refractivity contribution in [1.82, 2.24) is 5.73 Å². The molecule has 0 aromatic heterocycles. The van der Waals surface area contributed by atoms with E-state index < -0.39 is 5.91 Å². The van der Waals surface area contributed by atoms with E-state index in [0.29, 0.717) is 10.7 Å². The second-order valence-corrected chi connectivity index (χ2v) is 5.79. The first-order valence-electron chi connectivity index (χ1n) is 5.56. The number of anilines is 2. The molecule has 0 saturated carbocycles. The van der Waals surface area contributed by atoms with Crippen LogP contribution in [-0.2, 0) is 0 Å². The molecule has 2 rings (SSSR count). The van der Waals surface area contributed by atoms with E-state index in [1.807, 2.05) is 25.1 Å². The molecule has 0 aliphatic carbocycles. The largest absolute Gasteiger partial charge is 0.355 e. The summed E-state index contributed by atoms with van der Waals surface area (Å²) in [6.45, 7) is 1.99. The number of hydrogen-bond acceptors (Lipinski definition) is 2. The Morgan fingerprint density at radius 1 is 1.21 bits per heavy atom. The van der Waals surface area contributed by atoms with E-state index in [9.17, 15) is 4.79 Å². The zero-order valence-electron chi connectivity index (χ0n) is 10.1. The Hall–Kier alpha value is -1.27. The van der Waals surface area contributed by atoms with Gasteiger partial charge in [0.15, 0.2) is 0 Å². The van der Waals surface area contributed by atoms with E-state index in [1.165, 1.54) is 6.07 Å². The predicted octanol–water partition coefficient (Wildman–Crippen LogP) is 4.42. The van der Waals surface area contributed by atoms with Gasteiger partial charge in [-0.1, -0.05) is 11.6 Å². The summed E-state index contributed by atoms with van der Waals surface area (Å²) in [5.74, 6) is -0.756. The molecule has 0 unspecified atom stereocenters. The van der Waals surface area contributed by atoms with Gasteiger partial charge in [-0.25, -0.2) is 0 Å². The predicted molar refractivity (Wildman–Crippen MR) is 86.1 cm³/mol. The Labute approximate surface area is 130 Å². The SMILES string of the molecule is Cc1cc(I)ccc1Nc1ccc(Cl)cc1C([NH])=O. The summed E-state index contributed by atoms with van der Waals surface area (Å²) >= 11 is 8.10. The number of hydrogen-bond donors (Lipinski definition) is 1. The van der Waals surface area contributed by atoms with Gasteiger partial charge < -0.3 is 5.32 Å². The molecule has 0 saturated heterocycles. The first kappa shape index (κ1) is 14.1. The van der Waals surface area contributed by atoms with Crippen molar-refractivity contribution < 1.29 is 4.79 Å². The topological polar surface area (TPSA) is 52.9 Å². The van der Waals surface area contributed by atoms with Crippen molar-refractivity contribution in [3.8, 4) is 0 Å².